The molecule has 0 atom stereocenters. The Morgan fingerprint density at radius 3 is 2.19 bits per heavy atom. The summed E-state index contributed by atoms with van der Waals surface area (Å²) in [4.78, 5) is 23.2. The van der Waals surface area contributed by atoms with Crippen LogP contribution < -0.4 is 4.74 Å². The van der Waals surface area contributed by atoms with E-state index in [1.54, 1.807) is 31.4 Å². The molecule has 1 rings (SSSR count). The van der Waals surface area contributed by atoms with Crippen LogP contribution in [0, 0.1) is 5.92 Å². The Bertz CT molecular complexity index is 377. The van der Waals surface area contributed by atoms with Gasteiger partial charge in [0, 0.05) is 12.0 Å². The van der Waals surface area contributed by atoms with Crippen molar-refractivity contribution >= 4 is 11.6 Å². The van der Waals surface area contributed by atoms with E-state index in [1.165, 1.54) is 0 Å². The number of benzene rings is 1. The molecule has 0 bridgehead atoms. The fourth-order valence-electron chi connectivity index (χ4n) is 1.37. The van der Waals surface area contributed by atoms with Crippen LogP contribution in [-0.4, -0.2) is 18.7 Å². The van der Waals surface area contributed by atoms with Gasteiger partial charge in [0.15, 0.2) is 0 Å². The molecule has 0 aliphatic carbocycles. The Morgan fingerprint density at radius 2 is 1.75 bits per heavy atom. The molecule has 0 fully saturated rings. The fourth-order valence-corrected chi connectivity index (χ4v) is 1.37. The summed E-state index contributed by atoms with van der Waals surface area (Å²) in [6.45, 7) is 3.83. The maximum absolute atomic E-state index is 11.7. The molecule has 0 amide bonds. The molecule has 0 aliphatic rings. The normalized spacial score (nSPS) is 10.2. The topological polar surface area (TPSA) is 43.4 Å². The van der Waals surface area contributed by atoms with Gasteiger partial charge in [-0.2, -0.15) is 0 Å². The highest BCUT2D eigenvalue weighted by molar-refractivity contribution is 6.43. The SMILES string of the molecule is COc1ccc(C(=O)C(=O)CC(C)C)cc1. The van der Waals surface area contributed by atoms with Crippen molar-refractivity contribution in [2.24, 2.45) is 5.92 Å². The van der Waals surface area contributed by atoms with E-state index in [2.05, 4.69) is 0 Å². The van der Waals surface area contributed by atoms with Gasteiger partial charge in [-0.1, -0.05) is 13.8 Å². The van der Waals surface area contributed by atoms with Crippen molar-refractivity contribution in [3.63, 3.8) is 0 Å². The van der Waals surface area contributed by atoms with Crippen LogP contribution in [0.3, 0.4) is 0 Å². The molecule has 1 aromatic carbocycles. The maximum atomic E-state index is 11.7. The lowest BCUT2D eigenvalue weighted by atomic mass is 10.00. The summed E-state index contributed by atoms with van der Waals surface area (Å²) in [5.74, 6) is 0.124. The number of hydrogen-bond acceptors (Lipinski definition) is 3. The highest BCUT2D eigenvalue weighted by Gasteiger charge is 2.16. The zero-order chi connectivity index (χ0) is 12.1. The van der Waals surface area contributed by atoms with Crippen LogP contribution in [0.2, 0.25) is 0 Å². The van der Waals surface area contributed by atoms with Crippen LogP contribution in [0.4, 0.5) is 0 Å². The standard InChI is InChI=1S/C13H16O3/c1-9(2)8-12(14)13(15)10-4-6-11(16-3)7-5-10/h4-7,9H,8H2,1-3H3. The second kappa shape index (κ2) is 5.45. The van der Waals surface area contributed by atoms with Gasteiger partial charge in [0.2, 0.25) is 11.6 Å². The average molecular weight is 220 g/mol. The average Bonchev–Trinajstić information content (AvgIpc) is 2.27. The van der Waals surface area contributed by atoms with Crippen LogP contribution in [-0.2, 0) is 4.79 Å². The molecule has 1 aromatic rings. The molecular weight excluding hydrogens is 204 g/mol. The molecule has 0 aliphatic heterocycles. The van der Waals surface area contributed by atoms with Crippen molar-refractivity contribution in [1.29, 1.82) is 0 Å². The van der Waals surface area contributed by atoms with E-state index in [0.29, 0.717) is 17.7 Å². The van der Waals surface area contributed by atoms with Crippen LogP contribution in [0.15, 0.2) is 24.3 Å². The lowest BCUT2D eigenvalue weighted by Gasteiger charge is -2.04. The summed E-state index contributed by atoms with van der Waals surface area (Å²) >= 11 is 0. The molecule has 0 saturated heterocycles. The summed E-state index contributed by atoms with van der Waals surface area (Å²) in [7, 11) is 1.56. The van der Waals surface area contributed by atoms with Crippen LogP contribution >= 0.6 is 0 Å². The van der Waals surface area contributed by atoms with Gasteiger partial charge in [0.25, 0.3) is 0 Å². The number of ketones is 2. The highest BCUT2D eigenvalue weighted by atomic mass is 16.5. The van der Waals surface area contributed by atoms with E-state index in [4.69, 9.17) is 4.74 Å². The minimum absolute atomic E-state index is 0.203. The molecule has 0 radical (unpaired) electrons. The predicted molar refractivity (Wildman–Crippen MR) is 61.8 cm³/mol. The summed E-state index contributed by atoms with van der Waals surface area (Å²) < 4.78 is 4.98. The second-order valence-electron chi connectivity index (χ2n) is 4.08. The molecule has 0 unspecified atom stereocenters. The van der Waals surface area contributed by atoms with Gasteiger partial charge in [-0.3, -0.25) is 9.59 Å². The Labute approximate surface area is 95.4 Å². The summed E-state index contributed by atoms with van der Waals surface area (Å²) in [5.41, 5.74) is 0.423. The van der Waals surface area contributed by atoms with E-state index in [9.17, 15) is 9.59 Å². The van der Waals surface area contributed by atoms with Crippen molar-refractivity contribution in [2.75, 3.05) is 7.11 Å². The van der Waals surface area contributed by atoms with Gasteiger partial charge in [-0.05, 0) is 30.2 Å². The first-order valence-corrected chi connectivity index (χ1v) is 5.26. The number of Topliss-reactive ketones (excluding diaryl/α,β-unsaturated/α-hetero) is 2. The minimum Gasteiger partial charge on any atom is -0.497 e. The monoisotopic (exact) mass is 220 g/mol. The van der Waals surface area contributed by atoms with Crippen LogP contribution in [0.5, 0.6) is 5.75 Å². The maximum Gasteiger partial charge on any atom is 0.228 e. The third-order valence-corrected chi connectivity index (χ3v) is 2.20. The van der Waals surface area contributed by atoms with Crippen molar-refractivity contribution in [1.82, 2.24) is 0 Å². The van der Waals surface area contributed by atoms with Gasteiger partial charge in [-0.25, -0.2) is 0 Å². The number of hydrogen-bond donors (Lipinski definition) is 0. The first kappa shape index (κ1) is 12.4. The van der Waals surface area contributed by atoms with Crippen LogP contribution in [0.1, 0.15) is 30.6 Å². The minimum atomic E-state index is -0.420. The molecule has 0 heterocycles. The molecule has 3 heteroatoms. The van der Waals surface area contributed by atoms with Crippen molar-refractivity contribution in [2.45, 2.75) is 20.3 Å². The summed E-state index contributed by atoms with van der Waals surface area (Å²) in [6.07, 6.45) is 0.296. The Balaban J connectivity index is 2.76. The molecule has 3 nitrogen and oxygen atoms in total. The van der Waals surface area contributed by atoms with Gasteiger partial charge in [0.1, 0.15) is 5.75 Å². The lowest BCUT2D eigenvalue weighted by Crippen LogP contribution is -2.16. The van der Waals surface area contributed by atoms with Crippen molar-refractivity contribution in [3.05, 3.63) is 29.8 Å². The predicted octanol–water partition coefficient (Wildman–Crippen LogP) is 2.49. The molecule has 0 saturated carbocycles. The molecule has 0 spiro atoms. The van der Waals surface area contributed by atoms with Crippen molar-refractivity contribution < 1.29 is 14.3 Å². The van der Waals surface area contributed by atoms with E-state index >= 15 is 0 Å². The molecule has 0 aromatic heterocycles. The van der Waals surface area contributed by atoms with Gasteiger partial charge >= 0.3 is 0 Å². The largest absolute Gasteiger partial charge is 0.497 e. The summed E-state index contributed by atoms with van der Waals surface area (Å²) in [6, 6.07) is 6.57. The third-order valence-electron chi connectivity index (χ3n) is 2.20. The molecule has 0 N–H and O–H groups in total. The zero-order valence-corrected chi connectivity index (χ0v) is 9.82. The summed E-state index contributed by atoms with van der Waals surface area (Å²) in [5, 5.41) is 0. The zero-order valence-electron chi connectivity index (χ0n) is 9.82. The Kier molecular flexibility index (Phi) is 4.23. The second-order valence-corrected chi connectivity index (χ2v) is 4.08. The lowest BCUT2D eigenvalue weighted by molar-refractivity contribution is -0.115. The quantitative estimate of drug-likeness (QED) is 0.565. The third kappa shape index (κ3) is 3.19. The van der Waals surface area contributed by atoms with E-state index < -0.39 is 5.78 Å². The number of ether oxygens (including phenoxy) is 1. The molecule has 16 heavy (non-hydrogen) atoms. The number of methoxy groups -OCH3 is 1. The first-order chi connectivity index (χ1) is 7.54. The van der Waals surface area contributed by atoms with E-state index in [-0.39, 0.29) is 11.7 Å². The number of carbonyl (C=O) groups excluding carboxylic acids is 2. The number of rotatable bonds is 5. The van der Waals surface area contributed by atoms with Crippen molar-refractivity contribution in [3.8, 4) is 5.75 Å². The smallest absolute Gasteiger partial charge is 0.228 e. The van der Waals surface area contributed by atoms with E-state index in [1.807, 2.05) is 13.8 Å². The van der Waals surface area contributed by atoms with Gasteiger partial charge < -0.3 is 4.74 Å². The Morgan fingerprint density at radius 1 is 1.19 bits per heavy atom. The molecule has 86 valence electrons. The van der Waals surface area contributed by atoms with Gasteiger partial charge in [0.05, 0.1) is 7.11 Å². The van der Waals surface area contributed by atoms with E-state index in [0.717, 1.165) is 0 Å². The van der Waals surface area contributed by atoms with Gasteiger partial charge in [-0.15, -0.1) is 0 Å². The first-order valence-electron chi connectivity index (χ1n) is 5.26. The highest BCUT2D eigenvalue weighted by Crippen LogP contribution is 2.13. The number of carbonyl (C=O) groups is 2. The van der Waals surface area contributed by atoms with Crippen LogP contribution in [0.25, 0.3) is 0 Å². The fraction of sp³-hybridized carbons (Fsp3) is 0.385. The Hall–Kier alpha value is -1.64. The molecular formula is C13H16O3.